The molecular weight excluding hydrogens is 490 g/mol. The Balaban J connectivity index is 1.64. The lowest BCUT2D eigenvalue weighted by Gasteiger charge is -2.31. The number of hydrogen-bond donors (Lipinski definition) is 0. The maximum Gasteiger partial charge on any atom is 0.271 e. The van der Waals surface area contributed by atoms with Gasteiger partial charge in [-0.2, -0.15) is 0 Å². The van der Waals surface area contributed by atoms with Crippen molar-refractivity contribution in [3.63, 3.8) is 0 Å². The minimum Gasteiger partial charge on any atom is -0.272 e. The van der Waals surface area contributed by atoms with Gasteiger partial charge in [-0.25, -0.2) is 9.38 Å². The molecule has 0 fully saturated rings. The first-order valence-corrected chi connectivity index (χ1v) is 12.4. The molecule has 0 radical (unpaired) electrons. The molecule has 3 aromatic carbocycles. The number of nitrogens with zero attached hydrogens (tertiary/aromatic N) is 2. The Morgan fingerprint density at radius 3 is 2.62 bits per heavy atom. The van der Waals surface area contributed by atoms with Crippen LogP contribution in [-0.4, -0.2) is 4.57 Å². The van der Waals surface area contributed by atoms with Crippen LogP contribution in [0.3, 0.4) is 0 Å². The fraction of sp³-hybridized carbons (Fsp3) is 0.111. The Morgan fingerprint density at radius 2 is 1.82 bits per heavy atom. The molecule has 2 heterocycles. The molecule has 168 valence electrons. The predicted octanol–water partition coefficient (Wildman–Crippen LogP) is 5.76. The molecule has 2 aliphatic rings. The molecule has 0 saturated heterocycles. The molecule has 4 aromatic rings. The van der Waals surface area contributed by atoms with Crippen molar-refractivity contribution in [2.75, 3.05) is 0 Å². The van der Waals surface area contributed by atoms with Crippen LogP contribution in [0.25, 0.3) is 11.8 Å². The average molecular weight is 507 g/mol. The molecule has 1 aromatic heterocycles. The fourth-order valence-electron chi connectivity index (χ4n) is 4.73. The van der Waals surface area contributed by atoms with E-state index in [4.69, 9.17) is 28.2 Å². The molecule has 0 spiro atoms. The predicted molar refractivity (Wildman–Crippen MR) is 136 cm³/mol. The molecular formula is C27H17Cl2FN2OS. The maximum absolute atomic E-state index is 13.7. The van der Waals surface area contributed by atoms with Crippen LogP contribution in [0.1, 0.15) is 34.7 Å². The van der Waals surface area contributed by atoms with E-state index in [0.717, 1.165) is 40.8 Å². The summed E-state index contributed by atoms with van der Waals surface area (Å²) >= 11 is 14.2. The van der Waals surface area contributed by atoms with Crippen LogP contribution in [-0.2, 0) is 6.42 Å². The van der Waals surface area contributed by atoms with Gasteiger partial charge in [0.05, 0.1) is 16.3 Å². The summed E-state index contributed by atoms with van der Waals surface area (Å²) < 4.78 is 15.6. The molecule has 7 heteroatoms. The number of hydrogen-bond acceptors (Lipinski definition) is 3. The van der Waals surface area contributed by atoms with Crippen LogP contribution in [0.2, 0.25) is 10.0 Å². The number of benzene rings is 3. The molecule has 0 saturated carbocycles. The van der Waals surface area contributed by atoms with E-state index in [9.17, 15) is 9.18 Å². The average Bonchev–Trinajstić information content (AvgIpc) is 3.14. The summed E-state index contributed by atoms with van der Waals surface area (Å²) in [6.45, 7) is 0. The third-order valence-electron chi connectivity index (χ3n) is 6.30. The highest BCUT2D eigenvalue weighted by Gasteiger charge is 2.33. The molecule has 1 aliphatic heterocycles. The molecule has 6 rings (SSSR count). The van der Waals surface area contributed by atoms with Gasteiger partial charge in [0.1, 0.15) is 5.82 Å². The van der Waals surface area contributed by atoms with E-state index >= 15 is 0 Å². The SMILES string of the molecule is O=c1/c(=C/c2ccc(F)cc2)sc2n1C(c1ccc(Cl)cc1Cl)C1=C(N=2)c2ccccc2CC1. The van der Waals surface area contributed by atoms with E-state index in [1.165, 1.54) is 29.0 Å². The summed E-state index contributed by atoms with van der Waals surface area (Å²) in [5.74, 6) is -0.317. The first-order valence-electron chi connectivity index (χ1n) is 10.8. The lowest BCUT2D eigenvalue weighted by atomic mass is 9.83. The Kier molecular flexibility index (Phi) is 5.29. The zero-order valence-corrected chi connectivity index (χ0v) is 20.1. The Bertz CT molecular complexity index is 1670. The van der Waals surface area contributed by atoms with E-state index in [1.807, 2.05) is 18.2 Å². The van der Waals surface area contributed by atoms with E-state index in [2.05, 4.69) is 12.1 Å². The molecule has 34 heavy (non-hydrogen) atoms. The normalized spacial score (nSPS) is 17.1. The lowest BCUT2D eigenvalue weighted by molar-refractivity contribution is 0.585. The molecule has 1 unspecified atom stereocenters. The Labute approximate surface area is 208 Å². The summed E-state index contributed by atoms with van der Waals surface area (Å²) in [4.78, 5) is 19.3. The number of allylic oxidation sites excluding steroid dienone is 1. The number of fused-ring (bicyclic) bond motifs is 3. The zero-order chi connectivity index (χ0) is 23.4. The van der Waals surface area contributed by atoms with Crippen molar-refractivity contribution in [1.29, 1.82) is 0 Å². The van der Waals surface area contributed by atoms with Gasteiger partial charge in [0.25, 0.3) is 5.56 Å². The van der Waals surface area contributed by atoms with Crippen LogP contribution >= 0.6 is 34.5 Å². The summed E-state index contributed by atoms with van der Waals surface area (Å²) in [6, 6.07) is 19.4. The highest BCUT2D eigenvalue weighted by molar-refractivity contribution is 7.07. The standard InChI is InChI=1S/C27H17Cl2FN2OS/c28-17-8-12-20(22(29)14-17)25-21-11-7-16-3-1-2-4-19(16)24(21)31-27-32(25)26(33)23(34-27)13-15-5-9-18(30)10-6-15/h1-6,8-10,12-14,25H,7,11H2/b23-13-. The molecule has 0 N–H and O–H groups in total. The van der Waals surface area contributed by atoms with Gasteiger partial charge < -0.3 is 0 Å². The minimum atomic E-state index is -0.375. The topological polar surface area (TPSA) is 34.4 Å². The fourth-order valence-corrected chi connectivity index (χ4v) is 6.25. The number of rotatable bonds is 2. The van der Waals surface area contributed by atoms with Crippen molar-refractivity contribution in [2.24, 2.45) is 4.99 Å². The Morgan fingerprint density at radius 1 is 1.03 bits per heavy atom. The zero-order valence-electron chi connectivity index (χ0n) is 17.8. The van der Waals surface area contributed by atoms with E-state index in [-0.39, 0.29) is 17.4 Å². The van der Waals surface area contributed by atoms with Crippen LogP contribution in [0.5, 0.6) is 0 Å². The second kappa shape index (κ2) is 8.35. The van der Waals surface area contributed by atoms with Gasteiger partial charge in [-0.15, -0.1) is 0 Å². The molecule has 0 bridgehead atoms. The van der Waals surface area contributed by atoms with Crippen molar-refractivity contribution in [3.8, 4) is 0 Å². The van der Waals surface area contributed by atoms with Crippen LogP contribution in [0.15, 0.2) is 82.1 Å². The van der Waals surface area contributed by atoms with Gasteiger partial charge in [-0.1, -0.05) is 77.0 Å². The minimum absolute atomic E-state index is 0.144. The first kappa shape index (κ1) is 21.5. The number of thiazole rings is 1. The van der Waals surface area contributed by atoms with Gasteiger partial charge in [-0.05, 0) is 65.4 Å². The first-order chi connectivity index (χ1) is 16.5. The summed E-state index contributed by atoms with van der Waals surface area (Å²) in [6.07, 6.45) is 3.42. The van der Waals surface area contributed by atoms with Crippen LogP contribution < -0.4 is 14.9 Å². The third kappa shape index (κ3) is 3.56. The van der Waals surface area contributed by atoms with E-state index in [1.54, 1.807) is 34.9 Å². The lowest BCUT2D eigenvalue weighted by Crippen LogP contribution is -2.38. The van der Waals surface area contributed by atoms with Crippen molar-refractivity contribution in [2.45, 2.75) is 18.9 Å². The molecule has 1 aliphatic carbocycles. The van der Waals surface area contributed by atoms with Crippen molar-refractivity contribution < 1.29 is 4.39 Å². The van der Waals surface area contributed by atoms with E-state index in [0.29, 0.717) is 19.4 Å². The largest absolute Gasteiger partial charge is 0.272 e. The number of aryl methyl sites for hydroxylation is 1. The quantitative estimate of drug-likeness (QED) is 0.340. The highest BCUT2D eigenvalue weighted by Crippen LogP contribution is 2.43. The number of halogens is 3. The molecule has 0 amide bonds. The van der Waals surface area contributed by atoms with Crippen LogP contribution in [0.4, 0.5) is 4.39 Å². The Hall–Kier alpha value is -2.99. The smallest absolute Gasteiger partial charge is 0.271 e. The van der Waals surface area contributed by atoms with Gasteiger partial charge in [-0.3, -0.25) is 9.36 Å². The van der Waals surface area contributed by atoms with Crippen LogP contribution in [0, 0.1) is 5.82 Å². The summed E-state index contributed by atoms with van der Waals surface area (Å²) in [5.41, 5.74) is 5.75. The van der Waals surface area contributed by atoms with Crippen molar-refractivity contribution >= 4 is 46.3 Å². The monoisotopic (exact) mass is 506 g/mol. The van der Waals surface area contributed by atoms with Gasteiger partial charge in [0.2, 0.25) is 0 Å². The van der Waals surface area contributed by atoms with Crippen molar-refractivity contribution in [3.05, 3.63) is 130 Å². The second-order valence-corrected chi connectivity index (χ2v) is 10.2. The highest BCUT2D eigenvalue weighted by atomic mass is 35.5. The summed E-state index contributed by atoms with van der Waals surface area (Å²) in [5, 5.41) is 1.05. The maximum atomic E-state index is 13.7. The van der Waals surface area contributed by atoms with E-state index < -0.39 is 0 Å². The molecule has 3 nitrogen and oxygen atoms in total. The van der Waals surface area contributed by atoms with Gasteiger partial charge in [0.15, 0.2) is 4.80 Å². The van der Waals surface area contributed by atoms with Gasteiger partial charge in [0, 0.05) is 15.6 Å². The van der Waals surface area contributed by atoms with Gasteiger partial charge >= 0.3 is 0 Å². The second-order valence-electron chi connectivity index (χ2n) is 8.33. The molecule has 1 atom stereocenters. The number of aromatic nitrogens is 1. The summed E-state index contributed by atoms with van der Waals surface area (Å²) in [7, 11) is 0. The third-order valence-corrected chi connectivity index (χ3v) is 7.84. The van der Waals surface area contributed by atoms with Crippen molar-refractivity contribution in [1.82, 2.24) is 4.57 Å².